The van der Waals surface area contributed by atoms with Gasteiger partial charge in [0.2, 0.25) is 17.6 Å². The monoisotopic (exact) mass is 417 g/mol. The SMILES string of the molecule is CCOC(=O)c1sc(NC(=O)CCCc2nc(-c3ccc(F)cc3)no2)cc1C. The molecule has 2 aromatic heterocycles. The summed E-state index contributed by atoms with van der Waals surface area (Å²) in [6.07, 6.45) is 1.23. The molecule has 0 spiro atoms. The van der Waals surface area contributed by atoms with E-state index in [1.165, 1.54) is 23.5 Å². The number of ether oxygens (including phenoxy) is 1. The van der Waals surface area contributed by atoms with Crippen LogP contribution in [-0.4, -0.2) is 28.6 Å². The Labute approximate surface area is 170 Å². The smallest absolute Gasteiger partial charge is 0.348 e. The van der Waals surface area contributed by atoms with Crippen molar-refractivity contribution in [2.45, 2.75) is 33.1 Å². The highest BCUT2D eigenvalue weighted by atomic mass is 32.1. The van der Waals surface area contributed by atoms with Crippen LogP contribution in [0.15, 0.2) is 34.9 Å². The second kappa shape index (κ2) is 9.42. The third kappa shape index (κ3) is 5.47. The van der Waals surface area contributed by atoms with Gasteiger partial charge in [0.05, 0.1) is 11.6 Å². The number of esters is 1. The van der Waals surface area contributed by atoms with Crippen molar-refractivity contribution in [2.75, 3.05) is 11.9 Å². The summed E-state index contributed by atoms with van der Waals surface area (Å²) in [6.45, 7) is 3.85. The van der Waals surface area contributed by atoms with Gasteiger partial charge in [0.15, 0.2) is 0 Å². The number of nitrogens with one attached hydrogen (secondary N) is 1. The standard InChI is InChI=1S/C20H20FN3O4S/c1-3-27-20(26)18-12(2)11-17(29-18)22-15(25)5-4-6-16-23-19(24-28-16)13-7-9-14(21)10-8-13/h7-11H,3-6H2,1-2H3,(H,22,25). The fraction of sp³-hybridized carbons (Fsp3) is 0.300. The number of aryl methyl sites for hydroxylation is 2. The molecule has 0 unspecified atom stereocenters. The summed E-state index contributed by atoms with van der Waals surface area (Å²) in [5, 5.41) is 7.27. The van der Waals surface area contributed by atoms with Gasteiger partial charge < -0.3 is 14.6 Å². The molecule has 0 aliphatic rings. The highest BCUT2D eigenvalue weighted by Gasteiger charge is 2.16. The molecule has 1 aromatic carbocycles. The van der Waals surface area contributed by atoms with E-state index in [2.05, 4.69) is 15.5 Å². The summed E-state index contributed by atoms with van der Waals surface area (Å²) >= 11 is 1.19. The Morgan fingerprint density at radius 1 is 1.28 bits per heavy atom. The Balaban J connectivity index is 1.49. The van der Waals surface area contributed by atoms with E-state index in [4.69, 9.17) is 9.26 Å². The number of rotatable bonds is 8. The molecule has 0 bridgehead atoms. The molecule has 1 amide bonds. The number of anilines is 1. The highest BCUT2D eigenvalue weighted by Crippen LogP contribution is 2.27. The Morgan fingerprint density at radius 2 is 2.03 bits per heavy atom. The first-order valence-corrected chi connectivity index (χ1v) is 9.94. The minimum atomic E-state index is -0.385. The molecular weight excluding hydrogens is 397 g/mol. The van der Waals surface area contributed by atoms with E-state index in [0.717, 1.165) is 5.56 Å². The fourth-order valence-corrected chi connectivity index (χ4v) is 3.60. The summed E-state index contributed by atoms with van der Waals surface area (Å²) in [5.41, 5.74) is 1.42. The number of nitrogens with zero attached hydrogens (tertiary/aromatic N) is 2. The molecule has 0 atom stereocenters. The van der Waals surface area contributed by atoms with Crippen LogP contribution in [0, 0.1) is 12.7 Å². The zero-order chi connectivity index (χ0) is 20.8. The molecule has 0 aliphatic heterocycles. The molecule has 0 saturated heterocycles. The fourth-order valence-electron chi connectivity index (χ4n) is 2.62. The lowest BCUT2D eigenvalue weighted by Gasteiger charge is -2.01. The average Bonchev–Trinajstić information content (AvgIpc) is 3.29. The molecule has 2 heterocycles. The van der Waals surface area contributed by atoms with Gasteiger partial charge in [0.25, 0.3) is 0 Å². The number of carbonyl (C=O) groups excluding carboxylic acids is 2. The largest absolute Gasteiger partial charge is 0.462 e. The summed E-state index contributed by atoms with van der Waals surface area (Å²) in [6, 6.07) is 7.56. The Kier molecular flexibility index (Phi) is 6.71. The minimum absolute atomic E-state index is 0.167. The van der Waals surface area contributed by atoms with Gasteiger partial charge in [-0.2, -0.15) is 4.98 Å². The molecule has 29 heavy (non-hydrogen) atoms. The van der Waals surface area contributed by atoms with Crippen LogP contribution in [0.4, 0.5) is 9.39 Å². The summed E-state index contributed by atoms with van der Waals surface area (Å²) < 4.78 is 23.2. The molecule has 7 nitrogen and oxygen atoms in total. The van der Waals surface area contributed by atoms with Crippen LogP contribution >= 0.6 is 11.3 Å². The van der Waals surface area contributed by atoms with Crippen molar-refractivity contribution < 1.29 is 23.2 Å². The molecule has 3 aromatic rings. The van der Waals surface area contributed by atoms with Crippen LogP contribution in [0.1, 0.15) is 40.9 Å². The first-order chi connectivity index (χ1) is 14.0. The second-order valence-corrected chi connectivity index (χ2v) is 7.32. The van der Waals surface area contributed by atoms with Crippen molar-refractivity contribution in [2.24, 2.45) is 0 Å². The number of benzene rings is 1. The molecule has 1 N–H and O–H groups in total. The lowest BCUT2D eigenvalue weighted by Crippen LogP contribution is -2.10. The van der Waals surface area contributed by atoms with Crippen molar-refractivity contribution in [1.82, 2.24) is 10.1 Å². The number of carbonyl (C=O) groups is 2. The number of amides is 1. The Morgan fingerprint density at radius 3 is 2.76 bits per heavy atom. The maximum atomic E-state index is 13.0. The van der Waals surface area contributed by atoms with Gasteiger partial charge in [0, 0.05) is 18.4 Å². The average molecular weight is 417 g/mol. The molecular formula is C20H20FN3O4S. The lowest BCUT2D eigenvalue weighted by atomic mass is 10.2. The van der Waals surface area contributed by atoms with Gasteiger partial charge in [-0.05, 0) is 56.2 Å². The molecule has 0 aliphatic carbocycles. The topological polar surface area (TPSA) is 94.3 Å². The van der Waals surface area contributed by atoms with Gasteiger partial charge in [-0.1, -0.05) is 5.16 Å². The van der Waals surface area contributed by atoms with E-state index in [1.807, 2.05) is 0 Å². The highest BCUT2D eigenvalue weighted by molar-refractivity contribution is 7.18. The summed E-state index contributed by atoms with van der Waals surface area (Å²) in [5.74, 6) is -0.0960. The maximum Gasteiger partial charge on any atom is 0.348 e. The van der Waals surface area contributed by atoms with Crippen LogP contribution < -0.4 is 5.32 Å². The first-order valence-electron chi connectivity index (χ1n) is 9.12. The van der Waals surface area contributed by atoms with Crippen LogP contribution in [0.2, 0.25) is 0 Å². The number of hydrogen-bond acceptors (Lipinski definition) is 7. The molecule has 0 saturated carbocycles. The third-order valence-corrected chi connectivity index (χ3v) is 5.14. The molecule has 9 heteroatoms. The van der Waals surface area contributed by atoms with Crippen LogP contribution in [-0.2, 0) is 16.0 Å². The van der Waals surface area contributed by atoms with E-state index in [1.54, 1.807) is 32.0 Å². The first kappa shape index (κ1) is 20.7. The lowest BCUT2D eigenvalue weighted by molar-refractivity contribution is -0.116. The van der Waals surface area contributed by atoms with Crippen LogP contribution in [0.3, 0.4) is 0 Å². The maximum absolute atomic E-state index is 13.0. The van der Waals surface area contributed by atoms with Crippen molar-refractivity contribution in [1.29, 1.82) is 0 Å². The van der Waals surface area contributed by atoms with Crippen molar-refractivity contribution in [3.63, 3.8) is 0 Å². The Bertz CT molecular complexity index is 998. The molecule has 152 valence electrons. The van der Waals surface area contributed by atoms with Crippen molar-refractivity contribution in [3.05, 3.63) is 52.5 Å². The number of thiophene rings is 1. The molecule has 3 rings (SSSR count). The summed E-state index contributed by atoms with van der Waals surface area (Å²) in [7, 11) is 0. The predicted octanol–water partition coefficient (Wildman–Crippen LogP) is 4.38. The van der Waals surface area contributed by atoms with Gasteiger partial charge >= 0.3 is 5.97 Å². The zero-order valence-electron chi connectivity index (χ0n) is 16.0. The summed E-state index contributed by atoms with van der Waals surface area (Å²) in [4.78, 5) is 28.8. The number of aromatic nitrogens is 2. The van der Waals surface area contributed by atoms with E-state index in [-0.39, 0.29) is 24.1 Å². The Hall–Kier alpha value is -3.07. The molecule has 0 fully saturated rings. The molecule has 0 radical (unpaired) electrons. The quantitative estimate of drug-likeness (QED) is 0.547. The third-order valence-electron chi connectivity index (χ3n) is 4.01. The number of halogens is 1. The van der Waals surface area contributed by atoms with Crippen LogP contribution in [0.5, 0.6) is 0 Å². The number of hydrogen-bond donors (Lipinski definition) is 1. The van der Waals surface area contributed by atoms with Gasteiger partial charge in [-0.15, -0.1) is 11.3 Å². The van der Waals surface area contributed by atoms with E-state index in [0.29, 0.717) is 46.6 Å². The predicted molar refractivity (Wildman–Crippen MR) is 106 cm³/mol. The normalized spacial score (nSPS) is 10.7. The van der Waals surface area contributed by atoms with Crippen molar-refractivity contribution in [3.8, 4) is 11.4 Å². The van der Waals surface area contributed by atoms with E-state index in [9.17, 15) is 14.0 Å². The van der Waals surface area contributed by atoms with Gasteiger partial charge in [0.1, 0.15) is 10.7 Å². The van der Waals surface area contributed by atoms with E-state index >= 15 is 0 Å². The minimum Gasteiger partial charge on any atom is -0.462 e. The zero-order valence-corrected chi connectivity index (χ0v) is 16.8. The van der Waals surface area contributed by atoms with Crippen molar-refractivity contribution >= 4 is 28.2 Å². The van der Waals surface area contributed by atoms with Crippen LogP contribution in [0.25, 0.3) is 11.4 Å². The second-order valence-electron chi connectivity index (χ2n) is 6.26. The van der Waals surface area contributed by atoms with Gasteiger partial charge in [-0.25, -0.2) is 9.18 Å². The van der Waals surface area contributed by atoms with Gasteiger partial charge in [-0.3, -0.25) is 4.79 Å². The van der Waals surface area contributed by atoms with E-state index < -0.39 is 0 Å².